The Hall–Kier alpha value is -1.50. The fourth-order valence-corrected chi connectivity index (χ4v) is 4.14. The van der Waals surface area contributed by atoms with Gasteiger partial charge in [0.2, 0.25) is 0 Å². The fraction of sp³-hybridized carbons (Fsp3) is 0.545. The highest BCUT2D eigenvalue weighted by atomic mass is 16.5. The van der Waals surface area contributed by atoms with E-state index >= 15 is 0 Å². The van der Waals surface area contributed by atoms with Crippen molar-refractivity contribution >= 4 is 0 Å². The smallest absolute Gasteiger partial charge is 0.113 e. The van der Waals surface area contributed by atoms with Crippen LogP contribution >= 0.6 is 0 Å². The molecule has 0 aromatic heterocycles. The number of hydrogen-bond acceptors (Lipinski definition) is 5. The van der Waals surface area contributed by atoms with Gasteiger partial charge in [-0.05, 0) is 60.3 Å². The predicted octanol–water partition coefficient (Wildman–Crippen LogP) is 1.90. The highest BCUT2D eigenvalue weighted by molar-refractivity contribution is 5.42. The number of hydrogen-bond donors (Lipinski definition) is 4. The minimum atomic E-state index is -1.35. The zero-order valence-electron chi connectivity index (χ0n) is 15.4. The maximum absolute atomic E-state index is 10.4. The molecule has 1 aliphatic heterocycles. The maximum atomic E-state index is 10.4. The molecule has 27 heavy (non-hydrogen) atoms. The van der Waals surface area contributed by atoms with E-state index in [2.05, 4.69) is 30.4 Å². The molecule has 5 heteroatoms. The minimum Gasteiger partial charge on any atom is -0.394 e. The van der Waals surface area contributed by atoms with E-state index in [-0.39, 0.29) is 0 Å². The number of aliphatic hydroxyl groups excluding tert-OH is 4. The molecule has 1 aromatic carbocycles. The Balaban J connectivity index is 1.63. The summed E-state index contributed by atoms with van der Waals surface area (Å²) in [5, 5.41) is 40.0. The van der Waals surface area contributed by atoms with E-state index in [4.69, 9.17) is 4.74 Å². The van der Waals surface area contributed by atoms with E-state index in [0.29, 0.717) is 5.92 Å². The second-order valence-electron chi connectivity index (χ2n) is 7.92. The van der Waals surface area contributed by atoms with Crippen molar-refractivity contribution in [2.75, 3.05) is 6.61 Å². The second-order valence-corrected chi connectivity index (χ2v) is 7.92. The van der Waals surface area contributed by atoms with E-state index in [1.165, 1.54) is 29.5 Å². The molecule has 5 nitrogen and oxygen atoms in total. The van der Waals surface area contributed by atoms with Crippen molar-refractivity contribution in [2.45, 2.75) is 68.5 Å². The summed E-state index contributed by atoms with van der Waals surface area (Å²) in [4.78, 5) is 0. The molecule has 2 fully saturated rings. The van der Waals surface area contributed by atoms with Crippen LogP contribution in [-0.4, -0.2) is 51.4 Å². The third-order valence-electron chi connectivity index (χ3n) is 5.87. The molecule has 3 aliphatic rings. The number of ether oxygens (including phenoxy) is 1. The van der Waals surface area contributed by atoms with E-state index < -0.39 is 37.1 Å². The first kappa shape index (κ1) is 18.8. The summed E-state index contributed by atoms with van der Waals surface area (Å²) >= 11 is 0. The van der Waals surface area contributed by atoms with Crippen molar-refractivity contribution < 1.29 is 25.2 Å². The molecule has 5 atom stereocenters. The molecular formula is C22H28O5. The van der Waals surface area contributed by atoms with Crippen molar-refractivity contribution in [1.82, 2.24) is 0 Å². The largest absolute Gasteiger partial charge is 0.394 e. The highest BCUT2D eigenvalue weighted by Crippen LogP contribution is 2.43. The van der Waals surface area contributed by atoms with Crippen LogP contribution in [0.15, 0.2) is 42.0 Å². The lowest BCUT2D eigenvalue weighted by atomic mass is 9.87. The molecule has 0 spiro atoms. The lowest BCUT2D eigenvalue weighted by molar-refractivity contribution is -0.231. The van der Waals surface area contributed by atoms with Crippen LogP contribution in [0.4, 0.5) is 0 Å². The molecule has 0 amide bonds. The summed E-state index contributed by atoms with van der Waals surface area (Å²) in [6.07, 6.45) is 6.49. The molecule has 2 aliphatic carbocycles. The minimum absolute atomic E-state index is 0.411. The van der Waals surface area contributed by atoms with Crippen LogP contribution in [0, 0.1) is 0 Å². The molecule has 0 radical (unpaired) electrons. The van der Waals surface area contributed by atoms with Crippen molar-refractivity contribution in [3.05, 3.63) is 58.7 Å². The normalized spacial score (nSPS) is 33.8. The summed E-state index contributed by atoms with van der Waals surface area (Å²) in [6.45, 7) is -0.411. The Morgan fingerprint density at radius 2 is 1.81 bits per heavy atom. The van der Waals surface area contributed by atoms with E-state index in [0.717, 1.165) is 24.8 Å². The van der Waals surface area contributed by atoms with E-state index in [9.17, 15) is 20.4 Å². The topological polar surface area (TPSA) is 90.2 Å². The molecule has 1 saturated heterocycles. The van der Waals surface area contributed by atoms with Crippen molar-refractivity contribution in [2.24, 2.45) is 0 Å². The molecule has 1 heterocycles. The first-order valence-electron chi connectivity index (χ1n) is 9.87. The molecule has 0 bridgehead atoms. The van der Waals surface area contributed by atoms with Crippen molar-refractivity contribution in [3.8, 4) is 0 Å². The average Bonchev–Trinajstić information content (AvgIpc) is 3.52. The monoisotopic (exact) mass is 372 g/mol. The summed E-state index contributed by atoms with van der Waals surface area (Å²) in [5.74, 6) is 0.608. The Bertz CT molecular complexity index is 734. The molecule has 0 unspecified atom stereocenters. The van der Waals surface area contributed by atoms with Gasteiger partial charge in [-0.15, -0.1) is 0 Å². The SMILES string of the molecule is OC[C@H]1O[C@@H](c2ccc(C3CC3)c(CC3=CCCC=C3)c2)[C@H](O)[C@@H](O)[C@@H]1O. The summed E-state index contributed by atoms with van der Waals surface area (Å²) < 4.78 is 5.74. The van der Waals surface area contributed by atoms with Gasteiger partial charge in [-0.1, -0.05) is 36.4 Å². The van der Waals surface area contributed by atoms with Crippen LogP contribution < -0.4 is 0 Å². The standard InChI is InChI=1S/C22H28O5/c23-12-18-19(24)20(25)21(26)22(27-18)15-8-9-17(14-6-7-14)16(11-15)10-13-4-2-1-3-5-13/h2,4-5,8-9,11,14,18-26H,1,3,6-7,10,12H2/t18-,19-,20+,21-,22+/m1/s1. The zero-order valence-corrected chi connectivity index (χ0v) is 15.4. The summed E-state index contributed by atoms with van der Waals surface area (Å²) in [6, 6.07) is 6.11. The number of benzene rings is 1. The third kappa shape index (κ3) is 3.89. The molecular weight excluding hydrogens is 344 g/mol. The van der Waals surface area contributed by atoms with Gasteiger partial charge in [0.1, 0.15) is 30.5 Å². The lowest BCUT2D eigenvalue weighted by Gasteiger charge is -2.40. The van der Waals surface area contributed by atoms with Crippen LogP contribution in [0.3, 0.4) is 0 Å². The molecule has 4 N–H and O–H groups in total. The number of rotatable bonds is 5. The number of aliphatic hydroxyl groups is 4. The fourth-order valence-electron chi connectivity index (χ4n) is 4.14. The average molecular weight is 372 g/mol. The molecule has 1 saturated carbocycles. The van der Waals surface area contributed by atoms with Crippen molar-refractivity contribution in [1.29, 1.82) is 0 Å². The Morgan fingerprint density at radius 3 is 2.48 bits per heavy atom. The van der Waals surface area contributed by atoms with Crippen LogP contribution in [0.25, 0.3) is 0 Å². The van der Waals surface area contributed by atoms with Crippen LogP contribution in [0.5, 0.6) is 0 Å². The van der Waals surface area contributed by atoms with Gasteiger partial charge in [0.15, 0.2) is 0 Å². The number of allylic oxidation sites excluding steroid dienone is 4. The summed E-state index contributed by atoms with van der Waals surface area (Å²) in [7, 11) is 0. The molecule has 146 valence electrons. The van der Waals surface area contributed by atoms with E-state index in [1.54, 1.807) is 0 Å². The van der Waals surface area contributed by atoms with Crippen LogP contribution in [0.1, 0.15) is 54.4 Å². The van der Waals surface area contributed by atoms with Gasteiger partial charge in [-0.3, -0.25) is 0 Å². The molecule has 1 aromatic rings. The van der Waals surface area contributed by atoms with Crippen LogP contribution in [0.2, 0.25) is 0 Å². The van der Waals surface area contributed by atoms with Gasteiger partial charge in [0.05, 0.1) is 6.61 Å². The third-order valence-corrected chi connectivity index (χ3v) is 5.87. The van der Waals surface area contributed by atoms with Gasteiger partial charge in [0.25, 0.3) is 0 Å². The first-order chi connectivity index (χ1) is 13.1. The quantitative estimate of drug-likeness (QED) is 0.634. The predicted molar refractivity (Wildman–Crippen MR) is 101 cm³/mol. The van der Waals surface area contributed by atoms with Crippen LogP contribution in [-0.2, 0) is 11.2 Å². The van der Waals surface area contributed by atoms with Gasteiger partial charge in [0, 0.05) is 0 Å². The highest BCUT2D eigenvalue weighted by Gasteiger charge is 2.44. The zero-order chi connectivity index (χ0) is 19.0. The summed E-state index contributed by atoms with van der Waals surface area (Å²) in [5.41, 5.74) is 4.65. The van der Waals surface area contributed by atoms with Crippen molar-refractivity contribution in [3.63, 3.8) is 0 Å². The Kier molecular flexibility index (Phi) is 5.48. The van der Waals surface area contributed by atoms with Gasteiger partial charge in [-0.25, -0.2) is 0 Å². The lowest BCUT2D eigenvalue weighted by Crippen LogP contribution is -2.55. The molecule has 4 rings (SSSR count). The van der Waals surface area contributed by atoms with Gasteiger partial charge in [-0.2, -0.15) is 0 Å². The second kappa shape index (κ2) is 7.86. The van der Waals surface area contributed by atoms with Gasteiger partial charge < -0.3 is 25.2 Å². The maximum Gasteiger partial charge on any atom is 0.113 e. The first-order valence-corrected chi connectivity index (χ1v) is 9.87. The van der Waals surface area contributed by atoms with E-state index in [1.807, 2.05) is 6.07 Å². The Labute approximate surface area is 159 Å². The Morgan fingerprint density at radius 1 is 1.00 bits per heavy atom. The van der Waals surface area contributed by atoms with Gasteiger partial charge >= 0.3 is 0 Å².